The lowest BCUT2D eigenvalue weighted by Crippen LogP contribution is -2.01. The van der Waals surface area contributed by atoms with Crippen LogP contribution in [0.5, 0.6) is 0 Å². The summed E-state index contributed by atoms with van der Waals surface area (Å²) in [5.41, 5.74) is 3.26. The van der Waals surface area contributed by atoms with Gasteiger partial charge in [-0.15, -0.1) is 0 Å². The van der Waals surface area contributed by atoms with Crippen molar-refractivity contribution in [3.63, 3.8) is 0 Å². The fourth-order valence-electron chi connectivity index (χ4n) is 1.16. The van der Waals surface area contributed by atoms with Gasteiger partial charge in [-0.05, 0) is 33.8 Å². The van der Waals surface area contributed by atoms with Gasteiger partial charge in [-0.3, -0.25) is 0 Å². The average Bonchev–Trinajstić information content (AvgIpc) is 2.17. The summed E-state index contributed by atoms with van der Waals surface area (Å²) in [6.07, 6.45) is 5.60. The molecule has 0 atom stereocenters. The van der Waals surface area contributed by atoms with Crippen LogP contribution in [-0.2, 0) is 0 Å². The lowest BCUT2D eigenvalue weighted by molar-refractivity contribution is 1.09. The molecule has 0 aliphatic heterocycles. The molecule has 0 aliphatic rings. The van der Waals surface area contributed by atoms with Crippen molar-refractivity contribution in [3.05, 3.63) is 41.5 Å². The second-order valence-electron chi connectivity index (χ2n) is 3.58. The fraction of sp³-hybridized carbons (Fsp3) is 0.333. The topological polar surface area (TPSA) is 37.8 Å². The second kappa shape index (κ2) is 5.29. The van der Waals surface area contributed by atoms with Crippen LogP contribution in [0.2, 0.25) is 0 Å². The highest BCUT2D eigenvalue weighted by atomic mass is 15.0. The third kappa shape index (κ3) is 3.54. The first kappa shape index (κ1) is 11.4. The summed E-state index contributed by atoms with van der Waals surface area (Å²) in [6, 6.07) is 1.92. The Morgan fingerprint density at radius 2 is 2.07 bits per heavy atom. The Kier molecular flexibility index (Phi) is 4.03. The van der Waals surface area contributed by atoms with Crippen molar-refractivity contribution in [2.24, 2.45) is 0 Å². The van der Waals surface area contributed by atoms with Crippen molar-refractivity contribution >= 4 is 5.82 Å². The predicted octanol–water partition coefficient (Wildman–Crippen LogP) is 3.07. The Balaban J connectivity index is 2.89. The minimum Gasteiger partial charge on any atom is -0.340 e. The summed E-state index contributed by atoms with van der Waals surface area (Å²) in [5.74, 6) is 0.830. The van der Waals surface area contributed by atoms with Crippen LogP contribution in [0.4, 0.5) is 5.82 Å². The van der Waals surface area contributed by atoms with Gasteiger partial charge in [-0.2, -0.15) is 0 Å². The Hall–Kier alpha value is -1.64. The standard InChI is InChI=1S/C12H17N3/c1-5-6-11(9(2)3)15-12-7-10(4)13-8-14-12/h5-8H,1-4H3,(H,13,14,15)/b6-5-. The summed E-state index contributed by atoms with van der Waals surface area (Å²) in [6.45, 7) is 8.08. The van der Waals surface area contributed by atoms with E-state index in [-0.39, 0.29) is 0 Å². The smallest absolute Gasteiger partial charge is 0.133 e. The number of hydrogen-bond acceptors (Lipinski definition) is 3. The highest BCUT2D eigenvalue weighted by Crippen LogP contribution is 2.11. The average molecular weight is 203 g/mol. The molecule has 0 fully saturated rings. The van der Waals surface area contributed by atoms with Gasteiger partial charge in [0, 0.05) is 17.5 Å². The quantitative estimate of drug-likeness (QED) is 0.767. The van der Waals surface area contributed by atoms with Gasteiger partial charge in [-0.1, -0.05) is 11.6 Å². The number of nitrogens with one attached hydrogen (secondary N) is 1. The van der Waals surface area contributed by atoms with Crippen molar-refractivity contribution in [2.45, 2.75) is 27.7 Å². The Morgan fingerprint density at radius 3 is 2.60 bits per heavy atom. The van der Waals surface area contributed by atoms with E-state index in [1.807, 2.05) is 32.1 Å². The molecule has 1 N–H and O–H groups in total. The number of anilines is 1. The van der Waals surface area contributed by atoms with Gasteiger partial charge < -0.3 is 5.32 Å². The van der Waals surface area contributed by atoms with Crippen LogP contribution in [-0.4, -0.2) is 9.97 Å². The van der Waals surface area contributed by atoms with Gasteiger partial charge in [0.05, 0.1) is 0 Å². The molecular formula is C12H17N3. The molecule has 0 aliphatic carbocycles. The van der Waals surface area contributed by atoms with Gasteiger partial charge >= 0.3 is 0 Å². The molecule has 0 bridgehead atoms. The van der Waals surface area contributed by atoms with Crippen LogP contribution >= 0.6 is 0 Å². The molecule has 3 heteroatoms. The van der Waals surface area contributed by atoms with E-state index in [4.69, 9.17) is 0 Å². The highest BCUT2D eigenvalue weighted by Gasteiger charge is 1.98. The number of aryl methyl sites for hydroxylation is 1. The van der Waals surface area contributed by atoms with Gasteiger partial charge in [0.15, 0.2) is 0 Å². The van der Waals surface area contributed by atoms with Crippen molar-refractivity contribution in [2.75, 3.05) is 5.32 Å². The van der Waals surface area contributed by atoms with Crippen LogP contribution in [0.25, 0.3) is 0 Å². The fourth-order valence-corrected chi connectivity index (χ4v) is 1.16. The first-order chi connectivity index (χ1) is 7.13. The molecule has 80 valence electrons. The van der Waals surface area contributed by atoms with Gasteiger partial charge in [0.2, 0.25) is 0 Å². The number of nitrogens with zero attached hydrogens (tertiary/aromatic N) is 2. The van der Waals surface area contributed by atoms with Crippen molar-refractivity contribution < 1.29 is 0 Å². The van der Waals surface area contributed by atoms with E-state index in [0.717, 1.165) is 17.2 Å². The normalized spacial score (nSPS) is 10.4. The second-order valence-corrected chi connectivity index (χ2v) is 3.58. The molecule has 3 nitrogen and oxygen atoms in total. The zero-order valence-electron chi connectivity index (χ0n) is 9.70. The van der Waals surface area contributed by atoms with E-state index in [2.05, 4.69) is 29.1 Å². The monoisotopic (exact) mass is 203 g/mol. The molecule has 15 heavy (non-hydrogen) atoms. The zero-order valence-corrected chi connectivity index (χ0v) is 9.70. The molecule has 0 unspecified atom stereocenters. The SMILES string of the molecule is C/C=C\C(Nc1cc(C)ncn1)=C(C)C. The molecule has 0 saturated heterocycles. The number of allylic oxidation sites excluding steroid dienone is 3. The van der Waals surface area contributed by atoms with E-state index < -0.39 is 0 Å². The van der Waals surface area contributed by atoms with Crippen molar-refractivity contribution in [3.8, 4) is 0 Å². The predicted molar refractivity (Wildman–Crippen MR) is 63.6 cm³/mol. The summed E-state index contributed by atoms with van der Waals surface area (Å²) in [7, 11) is 0. The molecule has 1 aromatic heterocycles. The lowest BCUT2D eigenvalue weighted by Gasteiger charge is -2.08. The van der Waals surface area contributed by atoms with Gasteiger partial charge in [-0.25, -0.2) is 9.97 Å². The van der Waals surface area contributed by atoms with E-state index in [0.29, 0.717) is 0 Å². The van der Waals surface area contributed by atoms with Crippen molar-refractivity contribution in [1.29, 1.82) is 0 Å². The first-order valence-corrected chi connectivity index (χ1v) is 4.99. The van der Waals surface area contributed by atoms with E-state index in [1.54, 1.807) is 6.33 Å². The number of hydrogen-bond donors (Lipinski definition) is 1. The molecule has 0 aromatic carbocycles. The van der Waals surface area contributed by atoms with Crippen LogP contribution in [0.3, 0.4) is 0 Å². The van der Waals surface area contributed by atoms with Crippen LogP contribution in [0, 0.1) is 6.92 Å². The van der Waals surface area contributed by atoms with Crippen LogP contribution < -0.4 is 5.32 Å². The molecule has 0 amide bonds. The minimum atomic E-state index is 0.830. The highest BCUT2D eigenvalue weighted by molar-refractivity contribution is 5.46. The lowest BCUT2D eigenvalue weighted by atomic mass is 10.2. The van der Waals surface area contributed by atoms with Crippen molar-refractivity contribution in [1.82, 2.24) is 9.97 Å². The minimum absolute atomic E-state index is 0.830. The Labute approximate surface area is 91.0 Å². The van der Waals surface area contributed by atoms with Gasteiger partial charge in [0.1, 0.15) is 12.1 Å². The van der Waals surface area contributed by atoms with Crippen LogP contribution in [0.15, 0.2) is 35.8 Å². The number of aromatic nitrogens is 2. The molecular weight excluding hydrogens is 186 g/mol. The maximum absolute atomic E-state index is 4.15. The summed E-state index contributed by atoms with van der Waals surface area (Å²) in [5, 5.41) is 3.26. The van der Waals surface area contributed by atoms with E-state index in [1.165, 1.54) is 5.57 Å². The molecule has 1 heterocycles. The Morgan fingerprint density at radius 1 is 1.33 bits per heavy atom. The first-order valence-electron chi connectivity index (χ1n) is 4.99. The zero-order chi connectivity index (χ0) is 11.3. The number of rotatable bonds is 3. The molecule has 0 radical (unpaired) electrons. The van der Waals surface area contributed by atoms with Crippen LogP contribution in [0.1, 0.15) is 26.5 Å². The largest absolute Gasteiger partial charge is 0.340 e. The maximum Gasteiger partial charge on any atom is 0.133 e. The molecule has 0 spiro atoms. The van der Waals surface area contributed by atoms with E-state index in [9.17, 15) is 0 Å². The molecule has 0 saturated carbocycles. The van der Waals surface area contributed by atoms with Gasteiger partial charge in [0.25, 0.3) is 0 Å². The molecule has 1 aromatic rings. The third-order valence-electron chi connectivity index (χ3n) is 1.94. The summed E-state index contributed by atoms with van der Waals surface area (Å²) in [4.78, 5) is 8.21. The maximum atomic E-state index is 4.15. The summed E-state index contributed by atoms with van der Waals surface area (Å²) < 4.78 is 0. The van der Waals surface area contributed by atoms with E-state index >= 15 is 0 Å². The Bertz CT molecular complexity index is 388. The molecule has 1 rings (SSSR count). The summed E-state index contributed by atoms with van der Waals surface area (Å²) >= 11 is 0. The third-order valence-corrected chi connectivity index (χ3v) is 1.94.